The van der Waals surface area contributed by atoms with Crippen LogP contribution in [0.1, 0.15) is 11.4 Å². The van der Waals surface area contributed by atoms with E-state index in [1.165, 1.54) is 12.1 Å². The van der Waals surface area contributed by atoms with Crippen molar-refractivity contribution in [2.75, 3.05) is 5.73 Å². The number of nitro benzene ring substituents is 1. The van der Waals surface area contributed by atoms with Crippen LogP contribution in [0.25, 0.3) is 5.69 Å². The molecule has 0 saturated carbocycles. The molecule has 18 heavy (non-hydrogen) atoms. The molecule has 0 saturated heterocycles. The lowest BCUT2D eigenvalue weighted by molar-refractivity contribution is -0.383. The first-order chi connectivity index (χ1) is 8.41. The van der Waals surface area contributed by atoms with E-state index in [2.05, 4.69) is 5.10 Å². The lowest BCUT2D eigenvalue weighted by Crippen LogP contribution is -2.02. The smallest absolute Gasteiger partial charge is 0.292 e. The van der Waals surface area contributed by atoms with Crippen LogP contribution >= 0.6 is 11.6 Å². The van der Waals surface area contributed by atoms with Crippen molar-refractivity contribution in [3.63, 3.8) is 0 Å². The van der Waals surface area contributed by atoms with Gasteiger partial charge in [0.25, 0.3) is 5.69 Å². The highest BCUT2D eigenvalue weighted by atomic mass is 35.5. The van der Waals surface area contributed by atoms with Crippen LogP contribution in [0.3, 0.4) is 0 Å². The SMILES string of the molecule is Cc1nn(-c2ccc([N+](=O)[O-])c(N)c2)c(C)c1Cl. The van der Waals surface area contributed by atoms with Gasteiger partial charge >= 0.3 is 0 Å². The average Bonchev–Trinajstić information content (AvgIpc) is 2.56. The number of aromatic nitrogens is 2. The number of nitro groups is 1. The molecule has 0 fully saturated rings. The Bertz CT molecular complexity index is 636. The van der Waals surface area contributed by atoms with Gasteiger partial charge in [-0.2, -0.15) is 5.10 Å². The van der Waals surface area contributed by atoms with Crippen LogP contribution < -0.4 is 5.73 Å². The highest BCUT2D eigenvalue weighted by Crippen LogP contribution is 2.27. The van der Waals surface area contributed by atoms with Crippen molar-refractivity contribution in [2.24, 2.45) is 0 Å². The van der Waals surface area contributed by atoms with E-state index in [4.69, 9.17) is 17.3 Å². The Kier molecular flexibility index (Phi) is 2.96. The summed E-state index contributed by atoms with van der Waals surface area (Å²) in [4.78, 5) is 10.2. The maximum absolute atomic E-state index is 10.7. The molecule has 6 nitrogen and oxygen atoms in total. The van der Waals surface area contributed by atoms with E-state index in [-0.39, 0.29) is 11.4 Å². The zero-order chi connectivity index (χ0) is 13.4. The van der Waals surface area contributed by atoms with Crippen LogP contribution in [-0.2, 0) is 0 Å². The Morgan fingerprint density at radius 1 is 1.44 bits per heavy atom. The van der Waals surface area contributed by atoms with Gasteiger partial charge in [-0.3, -0.25) is 10.1 Å². The number of nitrogens with two attached hydrogens (primary N) is 1. The van der Waals surface area contributed by atoms with Crippen molar-refractivity contribution < 1.29 is 4.92 Å². The van der Waals surface area contributed by atoms with Gasteiger partial charge in [-0.25, -0.2) is 4.68 Å². The quantitative estimate of drug-likeness (QED) is 0.514. The predicted molar refractivity (Wildman–Crippen MR) is 69.1 cm³/mol. The molecule has 7 heteroatoms. The molecule has 0 radical (unpaired) electrons. The van der Waals surface area contributed by atoms with E-state index in [0.29, 0.717) is 16.4 Å². The van der Waals surface area contributed by atoms with E-state index < -0.39 is 4.92 Å². The minimum atomic E-state index is -0.521. The van der Waals surface area contributed by atoms with E-state index in [1.54, 1.807) is 17.7 Å². The highest BCUT2D eigenvalue weighted by Gasteiger charge is 2.15. The number of hydrogen-bond acceptors (Lipinski definition) is 4. The summed E-state index contributed by atoms with van der Waals surface area (Å²) in [7, 11) is 0. The number of aryl methyl sites for hydroxylation is 1. The van der Waals surface area contributed by atoms with Gasteiger partial charge in [-0.1, -0.05) is 11.6 Å². The van der Waals surface area contributed by atoms with Crippen LogP contribution in [0, 0.1) is 24.0 Å². The predicted octanol–water partition coefficient (Wildman–Crippen LogP) is 2.63. The molecule has 0 amide bonds. The molecule has 2 rings (SSSR count). The second kappa shape index (κ2) is 4.30. The second-order valence-electron chi connectivity index (χ2n) is 3.90. The van der Waals surface area contributed by atoms with Crippen LogP contribution in [0.4, 0.5) is 11.4 Å². The average molecular weight is 267 g/mol. The first kappa shape index (κ1) is 12.4. The molecular weight excluding hydrogens is 256 g/mol. The summed E-state index contributed by atoms with van der Waals surface area (Å²) in [5.41, 5.74) is 7.73. The van der Waals surface area contributed by atoms with Crippen LogP contribution in [0.5, 0.6) is 0 Å². The minimum absolute atomic E-state index is 0.0983. The third kappa shape index (κ3) is 1.91. The molecule has 94 valence electrons. The van der Waals surface area contributed by atoms with Gasteiger partial charge < -0.3 is 5.73 Å². The molecule has 0 aliphatic carbocycles. The molecule has 1 heterocycles. The number of hydrogen-bond donors (Lipinski definition) is 1. The fourth-order valence-electron chi connectivity index (χ4n) is 1.71. The van der Waals surface area contributed by atoms with Crippen molar-refractivity contribution >= 4 is 23.0 Å². The number of halogens is 1. The monoisotopic (exact) mass is 266 g/mol. The maximum atomic E-state index is 10.7. The number of nitrogen functional groups attached to an aromatic ring is 1. The van der Waals surface area contributed by atoms with Crippen LogP contribution in [0.15, 0.2) is 18.2 Å². The van der Waals surface area contributed by atoms with Gasteiger partial charge in [0, 0.05) is 6.07 Å². The lowest BCUT2D eigenvalue weighted by atomic mass is 10.2. The van der Waals surface area contributed by atoms with Crippen molar-refractivity contribution in [3.8, 4) is 5.69 Å². The standard InChI is InChI=1S/C11H11ClN4O2/c1-6-11(12)7(2)15(14-6)8-3-4-10(16(17)18)9(13)5-8/h3-5H,13H2,1-2H3. The summed E-state index contributed by atoms with van der Waals surface area (Å²) in [6.07, 6.45) is 0. The summed E-state index contributed by atoms with van der Waals surface area (Å²) in [5, 5.41) is 15.5. The van der Waals surface area contributed by atoms with Crippen LogP contribution in [0.2, 0.25) is 5.02 Å². The van der Waals surface area contributed by atoms with Crippen molar-refractivity contribution in [1.82, 2.24) is 9.78 Å². The Hall–Kier alpha value is -2.08. The van der Waals surface area contributed by atoms with E-state index in [9.17, 15) is 10.1 Å². The van der Waals surface area contributed by atoms with Gasteiger partial charge in [-0.15, -0.1) is 0 Å². The summed E-state index contributed by atoms with van der Waals surface area (Å²) in [6, 6.07) is 4.45. The number of anilines is 1. The Morgan fingerprint density at radius 3 is 2.56 bits per heavy atom. The van der Waals surface area contributed by atoms with Crippen molar-refractivity contribution in [2.45, 2.75) is 13.8 Å². The minimum Gasteiger partial charge on any atom is -0.393 e. The Morgan fingerprint density at radius 2 is 2.11 bits per heavy atom. The number of benzene rings is 1. The van der Waals surface area contributed by atoms with Crippen molar-refractivity contribution in [1.29, 1.82) is 0 Å². The van der Waals surface area contributed by atoms with Gasteiger partial charge in [0.15, 0.2) is 0 Å². The normalized spacial score (nSPS) is 10.6. The first-order valence-corrected chi connectivity index (χ1v) is 5.55. The fourth-order valence-corrected chi connectivity index (χ4v) is 1.83. The topological polar surface area (TPSA) is 87.0 Å². The molecule has 0 atom stereocenters. The lowest BCUT2D eigenvalue weighted by Gasteiger charge is -2.05. The second-order valence-corrected chi connectivity index (χ2v) is 4.27. The number of nitrogens with zero attached hydrogens (tertiary/aromatic N) is 3. The van der Waals surface area contributed by atoms with Crippen molar-refractivity contribution in [3.05, 3.63) is 44.7 Å². The summed E-state index contributed by atoms with van der Waals surface area (Å²) < 4.78 is 1.61. The van der Waals surface area contributed by atoms with Crippen LogP contribution in [-0.4, -0.2) is 14.7 Å². The Balaban J connectivity index is 2.55. The third-order valence-corrected chi connectivity index (χ3v) is 3.20. The molecule has 2 aromatic rings. The zero-order valence-corrected chi connectivity index (χ0v) is 10.6. The summed E-state index contributed by atoms with van der Waals surface area (Å²) in [5.74, 6) is 0. The fraction of sp³-hybridized carbons (Fsp3) is 0.182. The first-order valence-electron chi connectivity index (χ1n) is 5.18. The molecule has 0 aliphatic rings. The maximum Gasteiger partial charge on any atom is 0.292 e. The summed E-state index contributed by atoms with van der Waals surface area (Å²) in [6.45, 7) is 3.61. The number of rotatable bonds is 2. The van der Waals surface area contributed by atoms with E-state index in [0.717, 1.165) is 5.69 Å². The van der Waals surface area contributed by atoms with Gasteiger partial charge in [0.05, 0.1) is 27.0 Å². The molecule has 1 aromatic heterocycles. The Labute approximate surface area is 108 Å². The largest absolute Gasteiger partial charge is 0.393 e. The molecule has 0 spiro atoms. The molecular formula is C11H11ClN4O2. The van der Waals surface area contributed by atoms with E-state index >= 15 is 0 Å². The zero-order valence-electron chi connectivity index (χ0n) is 9.85. The van der Waals surface area contributed by atoms with E-state index in [1.807, 2.05) is 6.92 Å². The van der Waals surface area contributed by atoms with Gasteiger partial charge in [0.2, 0.25) is 0 Å². The van der Waals surface area contributed by atoms with Gasteiger partial charge in [-0.05, 0) is 26.0 Å². The third-order valence-electron chi connectivity index (χ3n) is 2.66. The highest BCUT2D eigenvalue weighted by molar-refractivity contribution is 6.31. The molecule has 1 aromatic carbocycles. The molecule has 0 aliphatic heterocycles. The molecule has 2 N–H and O–H groups in total. The summed E-state index contributed by atoms with van der Waals surface area (Å²) >= 11 is 6.05. The molecule has 0 unspecified atom stereocenters. The molecule has 0 bridgehead atoms. The van der Waals surface area contributed by atoms with Gasteiger partial charge in [0.1, 0.15) is 5.69 Å².